The third-order valence-electron chi connectivity index (χ3n) is 29.6. The predicted molar refractivity (Wildman–Crippen MR) is 594 cm³/mol. The van der Waals surface area contributed by atoms with Gasteiger partial charge in [-0.2, -0.15) is 0 Å². The van der Waals surface area contributed by atoms with E-state index in [0.29, 0.717) is 0 Å². The first-order valence-electron chi connectivity index (χ1n) is 48.7. The van der Waals surface area contributed by atoms with Gasteiger partial charge in [-0.3, -0.25) is 0 Å². The number of hydrogen-bond donors (Lipinski definition) is 0. The molecule has 4 heterocycles. The highest BCUT2D eigenvalue weighted by Crippen LogP contribution is 2.54. The second kappa shape index (κ2) is 33.6. The van der Waals surface area contributed by atoms with Crippen molar-refractivity contribution in [3.8, 4) is 123 Å². The molecule has 27 rings (SSSR count). The summed E-state index contributed by atoms with van der Waals surface area (Å²) >= 11 is 0. The van der Waals surface area contributed by atoms with E-state index in [0.717, 1.165) is 118 Å². The van der Waals surface area contributed by atoms with Gasteiger partial charge in [0.2, 0.25) is 0 Å². The molecule has 1 aliphatic carbocycles. The molecule has 0 N–H and O–H groups in total. The van der Waals surface area contributed by atoms with Gasteiger partial charge in [0.1, 0.15) is 0 Å². The highest BCUT2D eigenvalue weighted by atomic mass is 15.1. The zero-order valence-electron chi connectivity index (χ0n) is 77.8. The number of benzene rings is 22. The smallest absolute Gasteiger partial charge is 0.0547 e. The lowest BCUT2D eigenvalue weighted by Crippen LogP contribution is -2.16. The van der Waals surface area contributed by atoms with Crippen LogP contribution in [-0.4, -0.2) is 18.3 Å². The van der Waals surface area contributed by atoms with Gasteiger partial charge in [-0.1, -0.05) is 360 Å². The molecule has 0 radical (unpaired) electrons. The lowest BCUT2D eigenvalue weighted by atomic mass is 9.81. The fourth-order valence-corrected chi connectivity index (χ4v) is 22.6. The molecule has 6 nitrogen and oxygen atoms in total. The minimum atomic E-state index is -0.286. The number of anilines is 6. The number of nitrogens with zero attached hydrogens (tertiary/aromatic N) is 6. The van der Waals surface area contributed by atoms with Crippen molar-refractivity contribution >= 4 is 121 Å². The maximum absolute atomic E-state index is 2.45. The SMILES string of the molecule is CC1(C)c2cc(-c3ccc4c5ccccc5n(-c5ccccc5)c4c3)ccc2-c2ccc(N(c3ccc(-c4ccccc4)cc3)c3ccc(-c4ccc(-n5c6ccccc6c6c(-c7ccc(-c8ccc(N(c9ccc(-c%10ccc(-c%11ccc%12c%13ccccc%13n(-c%13ccccc%13)c%12c%11)cc%10)cc9)c9ccc(-c%10ccc(-n%11c%12ccccc%12c%12ccccc%12%11)cc%10)cc9)cc8)cc7)cccc65)cc4)cc3)cc21. The Morgan fingerprint density at radius 2 is 0.390 bits per heavy atom. The van der Waals surface area contributed by atoms with Crippen LogP contribution in [0.15, 0.2) is 522 Å². The monoisotopic (exact) mass is 1800 g/mol. The molecule has 0 unspecified atom stereocenters. The average Bonchev–Trinajstić information content (AvgIpc) is 1.57. The quantitative estimate of drug-likeness (QED) is 0.0856. The van der Waals surface area contributed by atoms with Crippen LogP contribution in [0.5, 0.6) is 0 Å². The van der Waals surface area contributed by atoms with Gasteiger partial charge in [-0.05, 0) is 287 Å². The zero-order valence-corrected chi connectivity index (χ0v) is 77.8. The van der Waals surface area contributed by atoms with Crippen LogP contribution in [0.25, 0.3) is 210 Å². The van der Waals surface area contributed by atoms with Gasteiger partial charge in [-0.15, -0.1) is 0 Å². The molecule has 0 bridgehead atoms. The lowest BCUT2D eigenvalue weighted by Gasteiger charge is -2.28. The Morgan fingerprint density at radius 1 is 0.149 bits per heavy atom. The Bertz CT molecular complexity index is 9280. The first kappa shape index (κ1) is 82.1. The molecule has 662 valence electrons. The topological polar surface area (TPSA) is 26.2 Å². The Hall–Kier alpha value is -18.4. The van der Waals surface area contributed by atoms with Gasteiger partial charge in [0.25, 0.3) is 0 Å². The molecule has 0 aliphatic heterocycles. The van der Waals surface area contributed by atoms with E-state index in [1.807, 2.05) is 0 Å². The van der Waals surface area contributed by atoms with Crippen molar-refractivity contribution in [2.75, 3.05) is 9.80 Å². The van der Waals surface area contributed by atoms with Crippen LogP contribution in [0.4, 0.5) is 34.1 Å². The predicted octanol–water partition coefficient (Wildman–Crippen LogP) is 36.7. The molecule has 0 atom stereocenters. The molecular formula is C135H92N6. The molecule has 4 aromatic heterocycles. The van der Waals surface area contributed by atoms with E-state index < -0.39 is 0 Å². The second-order valence-corrected chi connectivity index (χ2v) is 37.9. The van der Waals surface area contributed by atoms with Crippen LogP contribution >= 0.6 is 0 Å². The van der Waals surface area contributed by atoms with Crippen molar-refractivity contribution in [3.05, 3.63) is 533 Å². The molecule has 0 fully saturated rings. The summed E-state index contributed by atoms with van der Waals surface area (Å²) in [4.78, 5) is 4.80. The zero-order chi connectivity index (χ0) is 93.3. The van der Waals surface area contributed by atoms with Crippen molar-refractivity contribution in [2.24, 2.45) is 0 Å². The molecule has 26 aromatic rings. The minimum Gasteiger partial charge on any atom is -0.311 e. The number of hydrogen-bond acceptors (Lipinski definition) is 2. The fourth-order valence-electron chi connectivity index (χ4n) is 22.6. The largest absolute Gasteiger partial charge is 0.311 e. The van der Waals surface area contributed by atoms with Gasteiger partial charge >= 0.3 is 0 Å². The van der Waals surface area contributed by atoms with Crippen molar-refractivity contribution in [2.45, 2.75) is 19.3 Å². The third-order valence-corrected chi connectivity index (χ3v) is 29.6. The normalized spacial score (nSPS) is 12.2. The van der Waals surface area contributed by atoms with Gasteiger partial charge < -0.3 is 28.1 Å². The van der Waals surface area contributed by atoms with Crippen LogP contribution < -0.4 is 9.80 Å². The molecule has 6 heteroatoms. The van der Waals surface area contributed by atoms with E-state index in [2.05, 4.69) is 564 Å². The van der Waals surface area contributed by atoms with E-state index in [1.54, 1.807) is 0 Å². The van der Waals surface area contributed by atoms with Crippen LogP contribution in [-0.2, 0) is 5.41 Å². The number of para-hydroxylation sites is 7. The third kappa shape index (κ3) is 14.0. The summed E-state index contributed by atoms with van der Waals surface area (Å²) in [5.41, 5.74) is 44.1. The first-order chi connectivity index (χ1) is 69.7. The number of aromatic nitrogens is 4. The Balaban J connectivity index is 0.469. The van der Waals surface area contributed by atoms with E-state index >= 15 is 0 Å². The van der Waals surface area contributed by atoms with Crippen molar-refractivity contribution in [3.63, 3.8) is 0 Å². The molecular weight excluding hydrogens is 1710 g/mol. The van der Waals surface area contributed by atoms with E-state index in [9.17, 15) is 0 Å². The minimum absolute atomic E-state index is 0.286. The highest BCUT2D eigenvalue weighted by Gasteiger charge is 2.37. The van der Waals surface area contributed by atoms with Crippen molar-refractivity contribution in [1.82, 2.24) is 18.3 Å². The molecule has 1 aliphatic rings. The summed E-state index contributed by atoms with van der Waals surface area (Å²) in [6.07, 6.45) is 0. The summed E-state index contributed by atoms with van der Waals surface area (Å²) in [6.45, 7) is 4.80. The van der Waals surface area contributed by atoms with Crippen molar-refractivity contribution < 1.29 is 0 Å². The van der Waals surface area contributed by atoms with Crippen LogP contribution in [0.3, 0.4) is 0 Å². The standard InChI is InChI=1S/C135H92N6/c1-135(2)124-85-101(103-65-83-122-120-32-15-20-38-129(120)141(133(122)87-103)105-27-10-5-11-28-105)63-81-115(124)116-84-80-113(88-125(116)135)137(109-72-49-92(50-73-109)89-23-6-3-7-24-89)110-74-57-96(58-75-110)98-61-78-112(79-62-98)139-130-39-21-16-33-123(130)134-114(34-22-40-131(134)139)100-47-45-91(46-48-100)94-53-68-107(69-54-94)136(108-70-55-95(56-71-108)97-59-76-111(77-60-97)138-126-35-17-12-29-117(126)118-30-13-18-36-127(118)138)106-66-51-93(52-67-106)90-41-43-99(44-42-90)102-64-82-121-119-31-14-19-37-128(119)140(132(121)86-102)104-25-8-4-9-26-104/h3-88H,1-2H3. The van der Waals surface area contributed by atoms with Gasteiger partial charge in [0, 0.05) is 105 Å². The lowest BCUT2D eigenvalue weighted by molar-refractivity contribution is 0.660. The molecule has 22 aromatic carbocycles. The van der Waals surface area contributed by atoms with Crippen LogP contribution in [0.2, 0.25) is 0 Å². The van der Waals surface area contributed by atoms with Crippen LogP contribution in [0, 0.1) is 0 Å². The average molecular weight is 1800 g/mol. The maximum atomic E-state index is 2.45. The molecule has 141 heavy (non-hydrogen) atoms. The number of rotatable bonds is 18. The van der Waals surface area contributed by atoms with Gasteiger partial charge in [0.15, 0.2) is 0 Å². The fraction of sp³-hybridized carbons (Fsp3) is 0.0222. The maximum Gasteiger partial charge on any atom is 0.0547 e. The van der Waals surface area contributed by atoms with E-state index in [4.69, 9.17) is 0 Å². The van der Waals surface area contributed by atoms with E-state index in [-0.39, 0.29) is 5.41 Å². The summed E-state index contributed by atoms with van der Waals surface area (Å²) in [5, 5.41) is 9.96. The molecule has 0 spiro atoms. The summed E-state index contributed by atoms with van der Waals surface area (Å²) in [5.74, 6) is 0. The summed E-state index contributed by atoms with van der Waals surface area (Å²) in [6, 6.07) is 193. The summed E-state index contributed by atoms with van der Waals surface area (Å²) < 4.78 is 9.62. The van der Waals surface area contributed by atoms with Gasteiger partial charge in [0.05, 0.1) is 44.1 Å². The first-order valence-corrected chi connectivity index (χ1v) is 48.7. The highest BCUT2D eigenvalue weighted by molar-refractivity contribution is 6.17. The van der Waals surface area contributed by atoms with Crippen molar-refractivity contribution in [1.29, 1.82) is 0 Å². The molecule has 0 saturated heterocycles. The Kier molecular flexibility index (Phi) is 19.6. The molecule has 0 amide bonds. The Labute approximate surface area is 818 Å². The van der Waals surface area contributed by atoms with Gasteiger partial charge in [-0.25, -0.2) is 0 Å². The molecule has 0 saturated carbocycles. The second-order valence-electron chi connectivity index (χ2n) is 37.9. The number of fused-ring (bicyclic) bond motifs is 15. The van der Waals surface area contributed by atoms with E-state index in [1.165, 1.54) is 137 Å². The van der Waals surface area contributed by atoms with Crippen LogP contribution in [0.1, 0.15) is 25.0 Å². The summed E-state index contributed by atoms with van der Waals surface area (Å²) in [7, 11) is 0. The Morgan fingerprint density at radius 3 is 0.794 bits per heavy atom.